The second-order valence-electron chi connectivity index (χ2n) is 2.23. The summed E-state index contributed by atoms with van der Waals surface area (Å²) in [5.41, 5.74) is 0. The van der Waals surface area contributed by atoms with Gasteiger partial charge in [0.05, 0.1) is 6.42 Å². The number of hydrogen-bond acceptors (Lipinski definition) is 5. The zero-order valence-electron chi connectivity index (χ0n) is 6.43. The Morgan fingerprint density at radius 1 is 1.92 bits per heavy atom. The molecule has 0 spiro atoms. The summed E-state index contributed by atoms with van der Waals surface area (Å²) < 4.78 is 4.64. The molecule has 1 N–H and O–H groups in total. The molecular formula is C6H8N2O2S2. The maximum atomic E-state index is 10.3. The lowest BCUT2D eigenvalue weighted by Gasteiger charge is -2.03. The number of aromatic nitrogens is 2. The molecule has 0 fully saturated rings. The first-order valence-electron chi connectivity index (χ1n) is 3.33. The van der Waals surface area contributed by atoms with Crippen LogP contribution in [0.3, 0.4) is 0 Å². The van der Waals surface area contributed by atoms with Crippen LogP contribution >= 0.6 is 23.3 Å². The summed E-state index contributed by atoms with van der Waals surface area (Å²) in [6, 6.07) is 0. The van der Waals surface area contributed by atoms with Gasteiger partial charge in [0.15, 0.2) is 4.34 Å². The zero-order chi connectivity index (χ0) is 8.97. The Kier molecular flexibility index (Phi) is 3.48. The molecule has 6 heteroatoms. The van der Waals surface area contributed by atoms with E-state index in [0.717, 1.165) is 4.34 Å². The molecule has 1 aromatic heterocycles. The summed E-state index contributed by atoms with van der Waals surface area (Å²) in [4.78, 5) is 14.2. The molecule has 1 atom stereocenters. The molecule has 4 nitrogen and oxygen atoms in total. The molecule has 1 aromatic rings. The second-order valence-corrected chi connectivity index (χ2v) is 4.70. The zero-order valence-corrected chi connectivity index (χ0v) is 8.06. The van der Waals surface area contributed by atoms with Gasteiger partial charge in [-0.05, 0) is 11.5 Å². The van der Waals surface area contributed by atoms with Crippen molar-refractivity contribution in [2.45, 2.75) is 22.9 Å². The van der Waals surface area contributed by atoms with Crippen LogP contribution in [0.25, 0.3) is 0 Å². The van der Waals surface area contributed by atoms with E-state index in [9.17, 15) is 4.79 Å². The van der Waals surface area contributed by atoms with Crippen molar-refractivity contribution in [3.05, 3.63) is 6.33 Å². The number of thioether (sulfide) groups is 1. The van der Waals surface area contributed by atoms with E-state index in [1.165, 1.54) is 29.6 Å². The van der Waals surface area contributed by atoms with Crippen LogP contribution in [0.15, 0.2) is 10.7 Å². The van der Waals surface area contributed by atoms with Crippen molar-refractivity contribution >= 4 is 29.3 Å². The summed E-state index contributed by atoms with van der Waals surface area (Å²) >= 11 is 2.73. The van der Waals surface area contributed by atoms with Gasteiger partial charge in [0.25, 0.3) is 0 Å². The van der Waals surface area contributed by atoms with E-state index in [4.69, 9.17) is 5.11 Å². The van der Waals surface area contributed by atoms with E-state index in [1.807, 2.05) is 6.92 Å². The van der Waals surface area contributed by atoms with E-state index in [2.05, 4.69) is 9.36 Å². The highest BCUT2D eigenvalue weighted by atomic mass is 32.2. The fourth-order valence-electron chi connectivity index (χ4n) is 0.675. The van der Waals surface area contributed by atoms with Crippen LogP contribution in [-0.4, -0.2) is 25.7 Å². The second kappa shape index (κ2) is 4.42. The Labute approximate surface area is 78.2 Å². The summed E-state index contributed by atoms with van der Waals surface area (Å²) in [5.74, 6) is -0.778. The monoisotopic (exact) mass is 204 g/mol. The minimum Gasteiger partial charge on any atom is -0.481 e. The van der Waals surface area contributed by atoms with Gasteiger partial charge in [-0.2, -0.15) is 4.37 Å². The highest BCUT2D eigenvalue weighted by molar-refractivity contribution is 8.01. The van der Waals surface area contributed by atoms with E-state index >= 15 is 0 Å². The third-order valence-corrected chi connectivity index (χ3v) is 2.95. The first-order valence-corrected chi connectivity index (χ1v) is 4.99. The largest absolute Gasteiger partial charge is 0.481 e. The first kappa shape index (κ1) is 9.47. The van der Waals surface area contributed by atoms with Gasteiger partial charge >= 0.3 is 5.97 Å². The topological polar surface area (TPSA) is 63.1 Å². The number of carboxylic acid groups (broad SMARTS) is 1. The molecule has 0 amide bonds. The molecule has 1 heterocycles. The fraction of sp³-hybridized carbons (Fsp3) is 0.500. The smallest absolute Gasteiger partial charge is 0.304 e. The number of rotatable bonds is 4. The van der Waals surface area contributed by atoms with Gasteiger partial charge in [0.1, 0.15) is 6.33 Å². The van der Waals surface area contributed by atoms with Crippen LogP contribution in [0.4, 0.5) is 0 Å². The van der Waals surface area contributed by atoms with Crippen LogP contribution in [0, 0.1) is 0 Å². The van der Waals surface area contributed by atoms with Crippen LogP contribution in [0.5, 0.6) is 0 Å². The Morgan fingerprint density at radius 2 is 2.67 bits per heavy atom. The van der Waals surface area contributed by atoms with Crippen molar-refractivity contribution < 1.29 is 9.90 Å². The fourth-order valence-corrected chi connectivity index (χ4v) is 2.43. The quantitative estimate of drug-likeness (QED) is 0.753. The number of nitrogens with zero attached hydrogens (tertiary/aromatic N) is 2. The third kappa shape index (κ3) is 3.19. The van der Waals surface area contributed by atoms with Gasteiger partial charge in [-0.3, -0.25) is 4.79 Å². The number of hydrogen-bond donors (Lipinski definition) is 1. The third-order valence-electron chi connectivity index (χ3n) is 1.11. The van der Waals surface area contributed by atoms with E-state index in [0.29, 0.717) is 0 Å². The molecule has 66 valence electrons. The predicted molar refractivity (Wildman–Crippen MR) is 47.5 cm³/mol. The Bertz CT molecular complexity index is 250. The van der Waals surface area contributed by atoms with Gasteiger partial charge in [-0.25, -0.2) is 4.98 Å². The molecule has 1 unspecified atom stereocenters. The molecular weight excluding hydrogens is 196 g/mol. The van der Waals surface area contributed by atoms with Crippen molar-refractivity contribution in [1.82, 2.24) is 9.36 Å². The van der Waals surface area contributed by atoms with Gasteiger partial charge in [0.2, 0.25) is 0 Å². The maximum Gasteiger partial charge on any atom is 0.304 e. The average molecular weight is 204 g/mol. The molecule has 0 aliphatic carbocycles. The molecule has 0 aromatic carbocycles. The Hall–Kier alpha value is -0.620. The van der Waals surface area contributed by atoms with Crippen molar-refractivity contribution in [2.24, 2.45) is 0 Å². The lowest BCUT2D eigenvalue weighted by atomic mass is 10.3. The molecule has 1 rings (SSSR count). The Morgan fingerprint density at radius 3 is 3.17 bits per heavy atom. The predicted octanol–water partition coefficient (Wildman–Crippen LogP) is 1.49. The molecule has 0 saturated carbocycles. The molecule has 0 radical (unpaired) electrons. The molecule has 0 saturated heterocycles. The summed E-state index contributed by atoms with van der Waals surface area (Å²) in [6.07, 6.45) is 1.63. The van der Waals surface area contributed by atoms with E-state index in [-0.39, 0.29) is 11.7 Å². The van der Waals surface area contributed by atoms with Gasteiger partial charge in [0, 0.05) is 5.25 Å². The highest BCUT2D eigenvalue weighted by Gasteiger charge is 2.10. The summed E-state index contributed by atoms with van der Waals surface area (Å²) in [7, 11) is 0. The van der Waals surface area contributed by atoms with Crippen molar-refractivity contribution in [3.63, 3.8) is 0 Å². The Balaban J connectivity index is 2.36. The minimum atomic E-state index is -0.778. The van der Waals surface area contributed by atoms with Crippen LogP contribution in [-0.2, 0) is 4.79 Å². The van der Waals surface area contributed by atoms with E-state index < -0.39 is 5.97 Å². The van der Waals surface area contributed by atoms with Crippen molar-refractivity contribution in [3.8, 4) is 0 Å². The van der Waals surface area contributed by atoms with Gasteiger partial charge in [-0.15, -0.1) is 0 Å². The molecule has 0 bridgehead atoms. The van der Waals surface area contributed by atoms with Crippen LogP contribution in [0.1, 0.15) is 13.3 Å². The van der Waals surface area contributed by atoms with Gasteiger partial charge in [-0.1, -0.05) is 18.7 Å². The minimum absolute atomic E-state index is 0.0513. The summed E-state index contributed by atoms with van der Waals surface area (Å²) in [5, 5.41) is 8.52. The molecule has 0 aliphatic rings. The molecule has 12 heavy (non-hydrogen) atoms. The van der Waals surface area contributed by atoms with Crippen LogP contribution in [0.2, 0.25) is 0 Å². The number of aliphatic carboxylic acids is 1. The highest BCUT2D eigenvalue weighted by Crippen LogP contribution is 2.25. The normalized spacial score (nSPS) is 12.8. The van der Waals surface area contributed by atoms with E-state index in [1.54, 1.807) is 0 Å². The SMILES string of the molecule is CC(CC(=O)O)Sc1ncns1. The molecule has 0 aliphatic heterocycles. The van der Waals surface area contributed by atoms with Crippen molar-refractivity contribution in [1.29, 1.82) is 0 Å². The first-order chi connectivity index (χ1) is 5.68. The standard InChI is InChI=1S/C6H8N2O2S2/c1-4(2-5(9)10)11-6-7-3-8-12-6/h3-4H,2H2,1H3,(H,9,10). The average Bonchev–Trinajstić information content (AvgIpc) is 2.37. The lowest BCUT2D eigenvalue weighted by Crippen LogP contribution is -2.05. The van der Waals surface area contributed by atoms with Gasteiger partial charge < -0.3 is 5.11 Å². The number of carbonyl (C=O) groups is 1. The maximum absolute atomic E-state index is 10.3. The summed E-state index contributed by atoms with van der Waals surface area (Å²) in [6.45, 7) is 1.86. The lowest BCUT2D eigenvalue weighted by molar-refractivity contribution is -0.136. The number of carboxylic acids is 1. The van der Waals surface area contributed by atoms with Crippen molar-refractivity contribution in [2.75, 3.05) is 0 Å². The van der Waals surface area contributed by atoms with Crippen LogP contribution < -0.4 is 0 Å².